The predicted octanol–water partition coefficient (Wildman–Crippen LogP) is 5.59. The molecule has 0 saturated carbocycles. The highest BCUT2D eigenvalue weighted by molar-refractivity contribution is 7.17. The van der Waals surface area contributed by atoms with Gasteiger partial charge in [0.25, 0.3) is 5.91 Å². The molecular weight excluding hydrogens is 569 g/mol. The molecule has 1 aliphatic heterocycles. The molecule has 0 unspecified atom stereocenters. The fourth-order valence-corrected chi connectivity index (χ4v) is 6.75. The number of hydrogen-bond donors (Lipinski definition) is 2. The molecule has 1 saturated heterocycles. The number of carbonyl (C=O) groups excluding carboxylic acids is 1. The van der Waals surface area contributed by atoms with E-state index in [4.69, 9.17) is 32.9 Å². The third-order valence-electron chi connectivity index (χ3n) is 6.33. The molecule has 13 heteroatoms. The predicted molar refractivity (Wildman–Crippen MR) is 153 cm³/mol. The maximum Gasteiger partial charge on any atom is 0.306 e. The van der Waals surface area contributed by atoms with Gasteiger partial charge in [-0.15, -0.1) is 11.3 Å². The number of likely N-dealkylation sites (N-methyl/N-ethyl adjacent to an activating group) is 1. The molecule has 4 heterocycles. The third kappa shape index (κ3) is 7.02. The van der Waals surface area contributed by atoms with E-state index < -0.39 is 5.97 Å². The van der Waals surface area contributed by atoms with Crippen molar-refractivity contribution < 1.29 is 19.4 Å². The Morgan fingerprint density at radius 1 is 1.32 bits per heavy atom. The number of nitrogens with one attached hydrogen (secondary N) is 1. The van der Waals surface area contributed by atoms with E-state index in [9.17, 15) is 14.7 Å². The highest BCUT2D eigenvalue weighted by Gasteiger charge is 2.26. The lowest BCUT2D eigenvalue weighted by atomic mass is 9.97. The molecule has 204 valence electrons. The number of carbonyl (C=O) groups is 2. The number of nitrogens with zero attached hydrogens (tertiary/aromatic N) is 4. The molecule has 0 radical (unpaired) electrons. The Bertz CT molecular complexity index is 1290. The van der Waals surface area contributed by atoms with Crippen molar-refractivity contribution in [2.24, 2.45) is 5.92 Å². The Morgan fingerprint density at radius 2 is 2.05 bits per heavy atom. The fraction of sp³-hybridized carbons (Fsp3) is 0.440. The monoisotopic (exact) mass is 597 g/mol. The summed E-state index contributed by atoms with van der Waals surface area (Å²) in [5.41, 5.74) is 1.10. The number of ether oxygens (including phenoxy) is 1. The molecule has 1 atom stereocenters. The van der Waals surface area contributed by atoms with Gasteiger partial charge in [-0.3, -0.25) is 19.8 Å². The van der Waals surface area contributed by atoms with Gasteiger partial charge in [0.1, 0.15) is 5.82 Å². The third-order valence-corrected chi connectivity index (χ3v) is 8.85. The van der Waals surface area contributed by atoms with Crippen LogP contribution in [0.5, 0.6) is 0 Å². The Balaban J connectivity index is 1.49. The molecule has 3 aromatic rings. The van der Waals surface area contributed by atoms with Gasteiger partial charge in [0.15, 0.2) is 5.13 Å². The van der Waals surface area contributed by atoms with Gasteiger partial charge in [-0.1, -0.05) is 34.5 Å². The van der Waals surface area contributed by atoms with Crippen LogP contribution in [-0.4, -0.2) is 71.7 Å². The van der Waals surface area contributed by atoms with E-state index in [0.717, 1.165) is 22.0 Å². The van der Waals surface area contributed by atoms with Gasteiger partial charge in [0, 0.05) is 49.7 Å². The van der Waals surface area contributed by atoms with Crippen LogP contribution >= 0.6 is 45.9 Å². The number of rotatable bonds is 10. The summed E-state index contributed by atoms with van der Waals surface area (Å²) in [5.74, 6) is -0.944. The van der Waals surface area contributed by atoms with Crippen LogP contribution in [0.3, 0.4) is 0 Å². The average molecular weight is 599 g/mol. The molecule has 0 aromatic carbocycles. The van der Waals surface area contributed by atoms with Crippen molar-refractivity contribution >= 4 is 68.7 Å². The second-order valence-corrected chi connectivity index (χ2v) is 12.1. The smallest absolute Gasteiger partial charge is 0.306 e. The van der Waals surface area contributed by atoms with Crippen molar-refractivity contribution in [3.8, 4) is 10.6 Å². The van der Waals surface area contributed by atoms with Crippen LogP contribution in [0, 0.1) is 5.92 Å². The summed E-state index contributed by atoms with van der Waals surface area (Å²) in [5, 5.41) is 15.4. The van der Waals surface area contributed by atoms with Crippen molar-refractivity contribution in [2.45, 2.75) is 32.4 Å². The Kier molecular flexibility index (Phi) is 9.61. The van der Waals surface area contributed by atoms with Crippen molar-refractivity contribution in [1.82, 2.24) is 14.9 Å². The number of carboxylic acids is 1. The minimum absolute atomic E-state index is 0.0791. The van der Waals surface area contributed by atoms with Crippen LogP contribution in [0.2, 0.25) is 10.0 Å². The van der Waals surface area contributed by atoms with Crippen LogP contribution in [-0.2, 0) is 16.1 Å². The maximum atomic E-state index is 13.1. The highest BCUT2D eigenvalue weighted by atomic mass is 35.5. The van der Waals surface area contributed by atoms with Crippen LogP contribution in [0.15, 0.2) is 23.7 Å². The topological polar surface area (TPSA) is 108 Å². The van der Waals surface area contributed by atoms with E-state index in [1.165, 1.54) is 28.9 Å². The number of halogens is 2. The molecule has 2 N–H and O–H groups in total. The van der Waals surface area contributed by atoms with E-state index in [0.29, 0.717) is 59.0 Å². The van der Waals surface area contributed by atoms with E-state index in [-0.39, 0.29) is 17.9 Å². The summed E-state index contributed by atoms with van der Waals surface area (Å²) in [6.45, 7) is 4.48. The summed E-state index contributed by atoms with van der Waals surface area (Å²) in [4.78, 5) is 39.5. The summed E-state index contributed by atoms with van der Waals surface area (Å²) < 4.78 is 5.38. The maximum absolute atomic E-state index is 13.1. The van der Waals surface area contributed by atoms with Crippen molar-refractivity contribution in [3.05, 3.63) is 44.2 Å². The molecular formula is C25H29Cl2N5O4S2. The van der Waals surface area contributed by atoms with Gasteiger partial charge >= 0.3 is 5.97 Å². The number of thiazole rings is 1. The zero-order chi connectivity index (χ0) is 27.4. The zero-order valence-corrected chi connectivity index (χ0v) is 24.4. The molecule has 9 nitrogen and oxygen atoms in total. The summed E-state index contributed by atoms with van der Waals surface area (Å²) in [7, 11) is 3.70. The minimum Gasteiger partial charge on any atom is -0.481 e. The number of hydrogen-bond acceptors (Lipinski definition) is 9. The first-order chi connectivity index (χ1) is 18.1. The van der Waals surface area contributed by atoms with Crippen LogP contribution in [0.25, 0.3) is 10.6 Å². The lowest BCUT2D eigenvalue weighted by Crippen LogP contribution is -2.37. The second-order valence-electron chi connectivity index (χ2n) is 9.25. The number of pyridine rings is 1. The average Bonchev–Trinajstić information content (AvgIpc) is 3.49. The lowest BCUT2D eigenvalue weighted by Gasteiger charge is -2.31. The number of piperidine rings is 1. The van der Waals surface area contributed by atoms with E-state index in [1.807, 2.05) is 30.3 Å². The number of aromatic nitrogens is 2. The largest absolute Gasteiger partial charge is 0.481 e. The van der Waals surface area contributed by atoms with Crippen molar-refractivity contribution in [1.29, 1.82) is 0 Å². The minimum atomic E-state index is -0.775. The molecule has 0 bridgehead atoms. The standard InChI is InChI=1S/C25H29Cl2N5O4S2/c1-14(36-3)11-31(2)12-20-21(19-9-17(26)13-37-19)29-25(38-20)30-23(33)16-8-18(27)22(28-10-16)32-6-4-15(5-7-32)24(34)35/h8-10,13-15H,4-7,11-12H2,1-3H3,(H,34,35)(H,29,30,33)/t14-/m1/s1. The number of carboxylic acid groups (broad SMARTS) is 1. The first-order valence-corrected chi connectivity index (χ1v) is 14.5. The Hall–Kier alpha value is -2.28. The molecule has 1 aliphatic rings. The van der Waals surface area contributed by atoms with E-state index >= 15 is 0 Å². The molecule has 1 amide bonds. The van der Waals surface area contributed by atoms with E-state index in [1.54, 1.807) is 13.2 Å². The summed E-state index contributed by atoms with van der Waals surface area (Å²) >= 11 is 15.6. The second kappa shape index (κ2) is 12.7. The summed E-state index contributed by atoms with van der Waals surface area (Å²) in [6, 6.07) is 3.45. The van der Waals surface area contributed by atoms with Gasteiger partial charge in [-0.2, -0.15) is 0 Å². The summed E-state index contributed by atoms with van der Waals surface area (Å²) in [6.07, 6.45) is 2.61. The number of thiophene rings is 1. The first kappa shape index (κ1) is 28.7. The van der Waals surface area contributed by atoms with Crippen LogP contribution < -0.4 is 10.2 Å². The van der Waals surface area contributed by atoms with Gasteiger partial charge < -0.3 is 14.7 Å². The number of methoxy groups -OCH3 is 1. The van der Waals surface area contributed by atoms with E-state index in [2.05, 4.69) is 15.2 Å². The number of aliphatic carboxylic acids is 1. The first-order valence-electron chi connectivity index (χ1n) is 12.0. The molecule has 4 rings (SSSR count). The van der Waals surface area contributed by atoms with Crippen molar-refractivity contribution in [2.75, 3.05) is 44.0 Å². The van der Waals surface area contributed by atoms with Gasteiger partial charge in [-0.05, 0) is 38.9 Å². The normalized spacial score (nSPS) is 15.2. The fourth-order valence-electron chi connectivity index (χ4n) is 4.26. The Labute approximate surface area is 239 Å². The molecule has 0 spiro atoms. The van der Waals surface area contributed by atoms with Gasteiger partial charge in [0.2, 0.25) is 0 Å². The molecule has 0 aliphatic carbocycles. The lowest BCUT2D eigenvalue weighted by molar-refractivity contribution is -0.142. The quantitative estimate of drug-likeness (QED) is 0.311. The molecule has 3 aromatic heterocycles. The Morgan fingerprint density at radius 3 is 2.66 bits per heavy atom. The van der Waals surface area contributed by atoms with Gasteiger partial charge in [0.05, 0.1) is 38.2 Å². The van der Waals surface area contributed by atoms with Gasteiger partial charge in [-0.25, -0.2) is 9.97 Å². The molecule has 1 fully saturated rings. The zero-order valence-electron chi connectivity index (χ0n) is 21.2. The SMILES string of the molecule is CO[C@H](C)CN(C)Cc1sc(NC(=O)c2cnc(N3CCC(C(=O)O)CC3)c(Cl)c2)nc1-c1cc(Cl)cs1. The molecule has 38 heavy (non-hydrogen) atoms. The number of amides is 1. The highest BCUT2D eigenvalue weighted by Crippen LogP contribution is 2.37. The number of anilines is 2. The van der Waals surface area contributed by atoms with Crippen molar-refractivity contribution in [3.63, 3.8) is 0 Å². The van der Waals surface area contributed by atoms with Crippen LogP contribution in [0.4, 0.5) is 10.9 Å². The van der Waals surface area contributed by atoms with Crippen LogP contribution in [0.1, 0.15) is 35.0 Å².